The number of hydrazone groups is 1. The lowest BCUT2D eigenvalue weighted by molar-refractivity contribution is 1.03. The van der Waals surface area contributed by atoms with E-state index in [0.29, 0.717) is 0 Å². The molecule has 0 amide bonds. The van der Waals surface area contributed by atoms with Crippen molar-refractivity contribution in [2.24, 2.45) is 10.8 Å². The van der Waals surface area contributed by atoms with E-state index in [1.54, 1.807) is 6.20 Å². The summed E-state index contributed by atoms with van der Waals surface area (Å²) in [5, 5.41) is 6.41. The Hall–Kier alpha value is -2.01. The van der Waals surface area contributed by atoms with Gasteiger partial charge in [0.1, 0.15) is 0 Å². The van der Waals surface area contributed by atoms with Crippen LogP contribution < -0.4 is 11.2 Å². The molecule has 2 aromatic rings. The van der Waals surface area contributed by atoms with Crippen LogP contribution in [-0.2, 0) is 0 Å². The molecule has 2 rings (SSSR count). The Morgan fingerprint density at radius 3 is 2.88 bits per heavy atom. The highest BCUT2D eigenvalue weighted by Gasteiger charge is 2.04. The molecule has 1 aromatic carbocycles. The normalized spacial score (nSPS) is 11.5. The van der Waals surface area contributed by atoms with Gasteiger partial charge in [-0.25, -0.2) is 0 Å². The SMILES string of the molecule is CC(=NNC(N)=S)c1nccc2ccccc12. The highest BCUT2D eigenvalue weighted by atomic mass is 32.1. The molecule has 0 fully saturated rings. The third-order valence-corrected chi connectivity index (χ3v) is 2.44. The number of nitrogens with two attached hydrogens (primary N) is 1. The number of benzene rings is 1. The maximum atomic E-state index is 5.32. The van der Waals surface area contributed by atoms with Crippen LogP contribution in [0.4, 0.5) is 0 Å². The molecule has 3 N–H and O–H groups in total. The zero-order chi connectivity index (χ0) is 12.3. The average Bonchev–Trinajstić information content (AvgIpc) is 2.35. The van der Waals surface area contributed by atoms with Crippen molar-refractivity contribution < 1.29 is 0 Å². The van der Waals surface area contributed by atoms with E-state index in [1.807, 2.05) is 37.3 Å². The molecule has 0 saturated carbocycles. The van der Waals surface area contributed by atoms with Crippen LogP contribution in [0.5, 0.6) is 0 Å². The van der Waals surface area contributed by atoms with Crippen molar-refractivity contribution >= 4 is 33.8 Å². The van der Waals surface area contributed by atoms with Gasteiger partial charge in [0, 0.05) is 11.6 Å². The second kappa shape index (κ2) is 4.88. The summed E-state index contributed by atoms with van der Waals surface area (Å²) < 4.78 is 0. The van der Waals surface area contributed by atoms with E-state index < -0.39 is 0 Å². The molecule has 0 atom stereocenters. The summed E-state index contributed by atoms with van der Waals surface area (Å²) in [6.45, 7) is 1.86. The Morgan fingerprint density at radius 1 is 1.35 bits per heavy atom. The third kappa shape index (κ3) is 2.57. The number of thiocarbonyl (C=S) groups is 1. The van der Waals surface area contributed by atoms with Crippen LogP contribution in [0.25, 0.3) is 10.8 Å². The lowest BCUT2D eigenvalue weighted by Gasteiger charge is -2.05. The molecule has 1 aromatic heterocycles. The maximum Gasteiger partial charge on any atom is 0.184 e. The van der Waals surface area contributed by atoms with E-state index in [9.17, 15) is 0 Å². The van der Waals surface area contributed by atoms with Crippen molar-refractivity contribution in [2.75, 3.05) is 0 Å². The first-order valence-electron chi connectivity index (χ1n) is 5.12. The summed E-state index contributed by atoms with van der Waals surface area (Å²) in [5.74, 6) is 0. The van der Waals surface area contributed by atoms with Gasteiger partial charge in [-0.15, -0.1) is 0 Å². The highest BCUT2D eigenvalue weighted by Crippen LogP contribution is 2.16. The Bertz CT molecular complexity index is 587. The van der Waals surface area contributed by atoms with E-state index in [1.165, 1.54) is 0 Å². The summed E-state index contributed by atoms with van der Waals surface area (Å²) in [5.41, 5.74) is 9.46. The molecule has 0 aliphatic heterocycles. The standard InChI is InChI=1S/C12H12N4S/c1-8(15-16-12(13)17)11-10-5-3-2-4-9(10)6-7-14-11/h2-7H,1H3,(H3,13,16,17). The van der Waals surface area contributed by atoms with E-state index >= 15 is 0 Å². The smallest absolute Gasteiger partial charge is 0.184 e. The van der Waals surface area contributed by atoms with E-state index in [0.717, 1.165) is 22.2 Å². The number of nitrogens with zero attached hydrogens (tertiary/aromatic N) is 2. The molecular formula is C12H12N4S. The predicted octanol–water partition coefficient (Wildman–Crippen LogP) is 1.79. The van der Waals surface area contributed by atoms with Crippen molar-refractivity contribution in [3.05, 3.63) is 42.2 Å². The van der Waals surface area contributed by atoms with Gasteiger partial charge in [0.2, 0.25) is 0 Å². The van der Waals surface area contributed by atoms with Crippen molar-refractivity contribution in [3.8, 4) is 0 Å². The minimum Gasteiger partial charge on any atom is -0.375 e. The minimum atomic E-state index is 0.143. The van der Waals surface area contributed by atoms with Gasteiger partial charge in [0.05, 0.1) is 11.4 Å². The molecule has 0 unspecified atom stereocenters. The van der Waals surface area contributed by atoms with Gasteiger partial charge in [-0.3, -0.25) is 10.4 Å². The Morgan fingerprint density at radius 2 is 2.12 bits per heavy atom. The van der Waals surface area contributed by atoms with Crippen molar-refractivity contribution in [1.82, 2.24) is 10.4 Å². The molecule has 0 bridgehead atoms. The molecule has 5 heteroatoms. The quantitative estimate of drug-likeness (QED) is 0.480. The summed E-state index contributed by atoms with van der Waals surface area (Å²) in [4.78, 5) is 4.33. The maximum absolute atomic E-state index is 5.32. The van der Waals surface area contributed by atoms with Gasteiger partial charge < -0.3 is 5.73 Å². The number of fused-ring (bicyclic) bond motifs is 1. The molecule has 17 heavy (non-hydrogen) atoms. The third-order valence-electron chi connectivity index (χ3n) is 2.35. The van der Waals surface area contributed by atoms with Crippen molar-refractivity contribution in [3.63, 3.8) is 0 Å². The van der Waals surface area contributed by atoms with Gasteiger partial charge >= 0.3 is 0 Å². The van der Waals surface area contributed by atoms with Crippen LogP contribution in [0.3, 0.4) is 0 Å². The van der Waals surface area contributed by atoms with Crippen molar-refractivity contribution in [1.29, 1.82) is 0 Å². The second-order valence-electron chi connectivity index (χ2n) is 3.55. The van der Waals surface area contributed by atoms with Crippen LogP contribution in [0, 0.1) is 0 Å². The van der Waals surface area contributed by atoms with Gasteiger partial charge in [-0.2, -0.15) is 5.10 Å². The summed E-state index contributed by atoms with van der Waals surface area (Å²) in [7, 11) is 0. The van der Waals surface area contributed by atoms with Crippen LogP contribution in [0.2, 0.25) is 0 Å². The van der Waals surface area contributed by atoms with E-state index in [2.05, 4.69) is 15.5 Å². The highest BCUT2D eigenvalue weighted by molar-refractivity contribution is 7.80. The van der Waals surface area contributed by atoms with Gasteiger partial charge in [0.25, 0.3) is 0 Å². The molecule has 1 heterocycles. The number of pyridine rings is 1. The first-order chi connectivity index (χ1) is 8.18. The lowest BCUT2D eigenvalue weighted by Crippen LogP contribution is -2.25. The molecular weight excluding hydrogens is 232 g/mol. The Kier molecular flexibility index (Phi) is 3.30. The van der Waals surface area contributed by atoms with Crippen LogP contribution >= 0.6 is 12.2 Å². The number of hydrogen-bond acceptors (Lipinski definition) is 3. The number of rotatable bonds is 2. The van der Waals surface area contributed by atoms with Crippen LogP contribution in [0.1, 0.15) is 12.6 Å². The second-order valence-corrected chi connectivity index (χ2v) is 3.99. The monoisotopic (exact) mass is 244 g/mol. The lowest BCUT2D eigenvalue weighted by atomic mass is 10.1. The summed E-state index contributed by atoms with van der Waals surface area (Å²) in [6, 6.07) is 9.98. The summed E-state index contributed by atoms with van der Waals surface area (Å²) in [6.07, 6.45) is 1.76. The Labute approximate surface area is 105 Å². The minimum absolute atomic E-state index is 0.143. The molecule has 86 valence electrons. The van der Waals surface area contributed by atoms with E-state index in [4.69, 9.17) is 18.0 Å². The number of aromatic nitrogens is 1. The fraction of sp³-hybridized carbons (Fsp3) is 0.0833. The van der Waals surface area contributed by atoms with Crippen molar-refractivity contribution in [2.45, 2.75) is 6.92 Å². The first kappa shape index (κ1) is 11.5. The molecule has 0 saturated heterocycles. The Balaban J connectivity index is 2.48. The fourth-order valence-electron chi connectivity index (χ4n) is 1.60. The molecule has 4 nitrogen and oxygen atoms in total. The average molecular weight is 244 g/mol. The molecule has 0 aliphatic rings. The largest absolute Gasteiger partial charge is 0.375 e. The van der Waals surface area contributed by atoms with Gasteiger partial charge in [-0.05, 0) is 30.6 Å². The number of hydrogen-bond donors (Lipinski definition) is 2. The van der Waals surface area contributed by atoms with E-state index in [-0.39, 0.29) is 5.11 Å². The predicted molar refractivity (Wildman–Crippen MR) is 73.9 cm³/mol. The van der Waals surface area contributed by atoms with Gasteiger partial charge in [-0.1, -0.05) is 24.3 Å². The fourth-order valence-corrected chi connectivity index (χ4v) is 1.65. The molecule has 0 aliphatic carbocycles. The molecule has 0 radical (unpaired) electrons. The number of nitrogens with one attached hydrogen (secondary N) is 1. The topological polar surface area (TPSA) is 63.3 Å². The van der Waals surface area contributed by atoms with Crippen LogP contribution in [-0.4, -0.2) is 15.8 Å². The zero-order valence-electron chi connectivity index (χ0n) is 9.34. The van der Waals surface area contributed by atoms with Gasteiger partial charge in [0.15, 0.2) is 5.11 Å². The molecule has 0 spiro atoms. The first-order valence-corrected chi connectivity index (χ1v) is 5.53. The van der Waals surface area contributed by atoms with Crippen LogP contribution in [0.15, 0.2) is 41.6 Å². The zero-order valence-corrected chi connectivity index (χ0v) is 10.2. The summed E-state index contributed by atoms with van der Waals surface area (Å²) >= 11 is 4.70.